The van der Waals surface area contributed by atoms with Crippen molar-refractivity contribution in [1.82, 2.24) is 0 Å². The van der Waals surface area contributed by atoms with Crippen LogP contribution in [0.2, 0.25) is 0 Å². The minimum Gasteiger partial charge on any atom is -0.295 e. The number of carbonyl (C=O) groups excluding carboxylic acids is 2. The summed E-state index contributed by atoms with van der Waals surface area (Å²) in [5.41, 5.74) is 2.18. The molecule has 0 N–H and O–H groups in total. The van der Waals surface area contributed by atoms with Gasteiger partial charge in [-0.05, 0) is 18.6 Å². The summed E-state index contributed by atoms with van der Waals surface area (Å²) in [6, 6.07) is 5.26. The second-order valence-corrected chi connectivity index (χ2v) is 3.39. The monoisotopic (exact) mass is 186 g/mol. The molecule has 0 saturated carbocycles. The van der Waals surface area contributed by atoms with Crippen LogP contribution >= 0.6 is 0 Å². The van der Waals surface area contributed by atoms with Crippen molar-refractivity contribution >= 4 is 17.6 Å². The lowest BCUT2D eigenvalue weighted by Gasteiger charge is -2.09. The van der Waals surface area contributed by atoms with Crippen LogP contribution in [0.25, 0.3) is 6.08 Å². The van der Waals surface area contributed by atoms with E-state index in [1.165, 1.54) is 6.92 Å². The van der Waals surface area contributed by atoms with Gasteiger partial charge >= 0.3 is 0 Å². The quantitative estimate of drug-likeness (QED) is 0.631. The van der Waals surface area contributed by atoms with Gasteiger partial charge in [0.15, 0.2) is 11.6 Å². The van der Waals surface area contributed by atoms with E-state index in [9.17, 15) is 9.59 Å². The Kier molecular flexibility index (Phi) is 2.04. The van der Waals surface area contributed by atoms with Crippen LogP contribution in [0.3, 0.4) is 0 Å². The lowest BCUT2D eigenvalue weighted by Crippen LogP contribution is -2.06. The second kappa shape index (κ2) is 3.22. The summed E-state index contributed by atoms with van der Waals surface area (Å²) in [5, 5.41) is 0. The maximum absolute atomic E-state index is 11.5. The Morgan fingerprint density at radius 1 is 1.36 bits per heavy atom. The van der Waals surface area contributed by atoms with Crippen LogP contribution < -0.4 is 0 Å². The first-order chi connectivity index (χ1) is 6.68. The number of carbonyl (C=O) groups is 2. The predicted molar refractivity (Wildman–Crippen MR) is 54.4 cm³/mol. The van der Waals surface area contributed by atoms with Crippen LogP contribution in [0.4, 0.5) is 0 Å². The number of rotatable bonds is 1. The predicted octanol–water partition coefficient (Wildman–Crippen LogP) is 2.49. The minimum atomic E-state index is -0.00449. The summed E-state index contributed by atoms with van der Waals surface area (Å²) in [4.78, 5) is 22.6. The molecule has 0 aliphatic heterocycles. The molecule has 1 aromatic rings. The fraction of sp³-hybridized carbons (Fsp3) is 0.167. The molecule has 0 spiro atoms. The van der Waals surface area contributed by atoms with Crippen molar-refractivity contribution < 1.29 is 9.59 Å². The Labute approximate surface area is 82.2 Å². The largest absolute Gasteiger partial charge is 0.295 e. The van der Waals surface area contributed by atoms with Gasteiger partial charge in [0, 0.05) is 17.5 Å². The van der Waals surface area contributed by atoms with E-state index in [0.717, 1.165) is 5.56 Å². The first-order valence-corrected chi connectivity index (χ1v) is 4.53. The third-order valence-electron chi connectivity index (χ3n) is 2.36. The highest BCUT2D eigenvalue weighted by atomic mass is 16.1. The second-order valence-electron chi connectivity index (χ2n) is 3.39. The van der Waals surface area contributed by atoms with Gasteiger partial charge in [-0.1, -0.05) is 24.3 Å². The Morgan fingerprint density at radius 3 is 2.86 bits per heavy atom. The van der Waals surface area contributed by atoms with E-state index in [-0.39, 0.29) is 11.6 Å². The topological polar surface area (TPSA) is 34.1 Å². The van der Waals surface area contributed by atoms with Gasteiger partial charge in [-0.2, -0.15) is 0 Å². The third kappa shape index (κ3) is 1.39. The number of fused-ring (bicyclic) bond motifs is 1. The SMILES string of the molecule is CC(=O)c1ccc2c(c1)C(=O)CC=C2. The highest BCUT2D eigenvalue weighted by Gasteiger charge is 2.14. The van der Waals surface area contributed by atoms with Crippen LogP contribution in [0.15, 0.2) is 24.3 Å². The van der Waals surface area contributed by atoms with Crippen LogP contribution in [0, 0.1) is 0 Å². The van der Waals surface area contributed by atoms with Crippen LogP contribution in [-0.2, 0) is 0 Å². The average molecular weight is 186 g/mol. The molecule has 0 fully saturated rings. The number of Topliss-reactive ketones (excluding diaryl/α,β-unsaturated/α-hetero) is 2. The van der Waals surface area contributed by atoms with Crippen molar-refractivity contribution in [1.29, 1.82) is 0 Å². The maximum atomic E-state index is 11.5. The molecule has 1 aromatic carbocycles. The summed E-state index contributed by atoms with van der Waals surface area (Å²) < 4.78 is 0. The van der Waals surface area contributed by atoms with Crippen molar-refractivity contribution in [2.45, 2.75) is 13.3 Å². The summed E-state index contributed by atoms with van der Waals surface area (Å²) in [5.74, 6) is 0.0840. The van der Waals surface area contributed by atoms with Crippen molar-refractivity contribution in [2.24, 2.45) is 0 Å². The Bertz CT molecular complexity index is 442. The zero-order chi connectivity index (χ0) is 10.1. The van der Waals surface area contributed by atoms with E-state index in [2.05, 4.69) is 0 Å². The van der Waals surface area contributed by atoms with Crippen molar-refractivity contribution in [2.75, 3.05) is 0 Å². The van der Waals surface area contributed by atoms with Crippen molar-refractivity contribution in [3.63, 3.8) is 0 Å². The van der Waals surface area contributed by atoms with Crippen LogP contribution in [0.5, 0.6) is 0 Å². The van der Waals surface area contributed by atoms with Crippen LogP contribution in [0.1, 0.15) is 39.6 Å². The van der Waals surface area contributed by atoms with E-state index in [1.54, 1.807) is 12.1 Å². The number of allylic oxidation sites excluding steroid dienone is 1. The molecule has 70 valence electrons. The summed E-state index contributed by atoms with van der Waals surface area (Å²) in [6.07, 6.45) is 4.20. The highest BCUT2D eigenvalue weighted by Crippen LogP contribution is 2.20. The van der Waals surface area contributed by atoms with Gasteiger partial charge in [0.1, 0.15) is 0 Å². The number of ketones is 2. The fourth-order valence-electron chi connectivity index (χ4n) is 1.56. The molecule has 2 heteroatoms. The number of hydrogen-bond acceptors (Lipinski definition) is 2. The van der Waals surface area contributed by atoms with E-state index in [1.807, 2.05) is 18.2 Å². The number of benzene rings is 1. The van der Waals surface area contributed by atoms with Gasteiger partial charge in [-0.15, -0.1) is 0 Å². The standard InChI is InChI=1S/C12H10O2/c1-8(13)10-6-5-9-3-2-4-12(14)11(9)7-10/h2-3,5-7H,4H2,1H3. The molecule has 0 bridgehead atoms. The molecule has 0 saturated heterocycles. The molecule has 0 aromatic heterocycles. The van der Waals surface area contributed by atoms with Gasteiger partial charge in [-0.3, -0.25) is 9.59 Å². The first kappa shape index (κ1) is 8.88. The molecule has 14 heavy (non-hydrogen) atoms. The highest BCUT2D eigenvalue weighted by molar-refractivity contribution is 6.05. The third-order valence-corrected chi connectivity index (χ3v) is 2.36. The molecular formula is C12H10O2. The zero-order valence-corrected chi connectivity index (χ0v) is 7.91. The Morgan fingerprint density at radius 2 is 2.14 bits per heavy atom. The summed E-state index contributed by atoms with van der Waals surface area (Å²) >= 11 is 0. The molecule has 0 radical (unpaired) electrons. The molecule has 1 aliphatic rings. The van der Waals surface area contributed by atoms with Gasteiger partial charge < -0.3 is 0 Å². The zero-order valence-electron chi connectivity index (χ0n) is 7.91. The summed E-state index contributed by atoms with van der Waals surface area (Å²) in [6.45, 7) is 1.50. The molecule has 2 rings (SSSR count). The van der Waals surface area contributed by atoms with E-state index in [0.29, 0.717) is 17.5 Å². The number of hydrogen-bond donors (Lipinski definition) is 0. The molecule has 0 unspecified atom stereocenters. The van der Waals surface area contributed by atoms with E-state index >= 15 is 0 Å². The normalized spacial score (nSPS) is 13.9. The van der Waals surface area contributed by atoms with Gasteiger partial charge in [0.05, 0.1) is 0 Å². The Hall–Kier alpha value is -1.70. The Balaban J connectivity index is 2.57. The molecular weight excluding hydrogens is 176 g/mol. The first-order valence-electron chi connectivity index (χ1n) is 4.53. The van der Waals surface area contributed by atoms with E-state index < -0.39 is 0 Å². The molecule has 0 amide bonds. The smallest absolute Gasteiger partial charge is 0.167 e. The maximum Gasteiger partial charge on any atom is 0.167 e. The van der Waals surface area contributed by atoms with Gasteiger partial charge in [-0.25, -0.2) is 0 Å². The van der Waals surface area contributed by atoms with Gasteiger partial charge in [0.2, 0.25) is 0 Å². The van der Waals surface area contributed by atoms with Crippen LogP contribution in [-0.4, -0.2) is 11.6 Å². The van der Waals surface area contributed by atoms with Gasteiger partial charge in [0.25, 0.3) is 0 Å². The molecule has 0 heterocycles. The molecule has 1 aliphatic carbocycles. The molecule has 0 atom stereocenters. The average Bonchev–Trinajstić information content (AvgIpc) is 2.18. The van der Waals surface area contributed by atoms with E-state index in [4.69, 9.17) is 0 Å². The lowest BCUT2D eigenvalue weighted by atomic mass is 9.93. The lowest BCUT2D eigenvalue weighted by molar-refractivity contribution is 0.0994. The van der Waals surface area contributed by atoms with Crippen molar-refractivity contribution in [3.05, 3.63) is 41.0 Å². The minimum absolute atomic E-state index is 0.00449. The summed E-state index contributed by atoms with van der Waals surface area (Å²) in [7, 11) is 0. The molecule has 2 nitrogen and oxygen atoms in total. The fourth-order valence-corrected chi connectivity index (χ4v) is 1.56. The van der Waals surface area contributed by atoms with Crippen molar-refractivity contribution in [3.8, 4) is 0 Å².